The van der Waals surface area contributed by atoms with Gasteiger partial charge in [0.2, 0.25) is 5.82 Å². The third-order valence-electron chi connectivity index (χ3n) is 3.48. The van der Waals surface area contributed by atoms with Gasteiger partial charge in [0.1, 0.15) is 5.69 Å². The highest BCUT2D eigenvalue weighted by atomic mass is 16.6. The second kappa shape index (κ2) is 7.23. The molecule has 0 saturated heterocycles. The van der Waals surface area contributed by atoms with E-state index in [0.717, 1.165) is 19.4 Å². The summed E-state index contributed by atoms with van der Waals surface area (Å²) in [5, 5.41) is 18.2. The Morgan fingerprint density at radius 3 is 2.65 bits per heavy atom. The topological polar surface area (TPSA) is 76.2 Å². The number of nitro groups is 1. The van der Waals surface area contributed by atoms with E-state index >= 15 is 0 Å². The number of anilines is 1. The molecule has 0 spiro atoms. The van der Waals surface area contributed by atoms with Gasteiger partial charge in [0.15, 0.2) is 0 Å². The molecule has 114 valence electrons. The smallest absolute Gasteiger partial charge is 0.333 e. The van der Waals surface area contributed by atoms with Crippen molar-refractivity contribution in [3.63, 3.8) is 0 Å². The summed E-state index contributed by atoms with van der Waals surface area (Å²) in [4.78, 5) is 12.9. The summed E-state index contributed by atoms with van der Waals surface area (Å²) in [6.07, 6.45) is 2.03. The molecule has 7 nitrogen and oxygen atoms in total. The number of nitrogens with zero attached hydrogens (tertiary/aromatic N) is 4. The van der Waals surface area contributed by atoms with Gasteiger partial charge in [0, 0.05) is 19.6 Å². The van der Waals surface area contributed by atoms with Crippen LogP contribution in [0.3, 0.4) is 0 Å². The Labute approximate surface area is 120 Å². The van der Waals surface area contributed by atoms with Crippen LogP contribution in [0, 0.1) is 17.0 Å². The van der Waals surface area contributed by atoms with Gasteiger partial charge in [-0.1, -0.05) is 0 Å². The van der Waals surface area contributed by atoms with E-state index in [0.29, 0.717) is 24.1 Å². The van der Waals surface area contributed by atoms with Gasteiger partial charge in [-0.05, 0) is 47.2 Å². The molecule has 7 heteroatoms. The molecule has 0 aromatic carbocycles. The fraction of sp³-hybridized carbons (Fsp3) is 0.769. The van der Waals surface area contributed by atoms with Gasteiger partial charge in [0.05, 0.1) is 4.92 Å². The van der Waals surface area contributed by atoms with Crippen LogP contribution in [0.15, 0.2) is 0 Å². The largest absolute Gasteiger partial charge is 0.365 e. The van der Waals surface area contributed by atoms with Crippen molar-refractivity contribution in [1.82, 2.24) is 14.7 Å². The van der Waals surface area contributed by atoms with Crippen LogP contribution in [-0.2, 0) is 7.05 Å². The average Bonchev–Trinajstić information content (AvgIpc) is 2.63. The number of aromatic nitrogens is 2. The summed E-state index contributed by atoms with van der Waals surface area (Å²) in [6.45, 7) is 7.73. The minimum atomic E-state index is -0.378. The lowest BCUT2D eigenvalue weighted by Crippen LogP contribution is -2.27. The zero-order valence-electron chi connectivity index (χ0n) is 13.0. The lowest BCUT2D eigenvalue weighted by atomic mass is 10.2. The van der Waals surface area contributed by atoms with Crippen molar-refractivity contribution >= 4 is 11.5 Å². The van der Waals surface area contributed by atoms with Gasteiger partial charge in [-0.15, -0.1) is 0 Å². The fourth-order valence-corrected chi connectivity index (χ4v) is 2.01. The molecule has 0 unspecified atom stereocenters. The predicted molar refractivity (Wildman–Crippen MR) is 80.1 cm³/mol. The van der Waals surface area contributed by atoms with Gasteiger partial charge in [-0.3, -0.25) is 10.1 Å². The Morgan fingerprint density at radius 1 is 1.45 bits per heavy atom. The summed E-state index contributed by atoms with van der Waals surface area (Å²) in [7, 11) is 3.82. The Kier molecular flexibility index (Phi) is 5.94. The van der Waals surface area contributed by atoms with Crippen LogP contribution in [-0.4, -0.2) is 45.8 Å². The highest BCUT2D eigenvalue weighted by molar-refractivity contribution is 5.59. The van der Waals surface area contributed by atoms with E-state index < -0.39 is 0 Å². The molecule has 0 atom stereocenters. The first kappa shape index (κ1) is 16.4. The van der Waals surface area contributed by atoms with Crippen molar-refractivity contribution in [2.75, 3.05) is 25.5 Å². The summed E-state index contributed by atoms with van der Waals surface area (Å²) in [5.74, 6) is 0.490. The number of aryl methyl sites for hydroxylation is 2. The third kappa shape index (κ3) is 4.19. The van der Waals surface area contributed by atoms with Crippen molar-refractivity contribution in [1.29, 1.82) is 0 Å². The summed E-state index contributed by atoms with van der Waals surface area (Å²) >= 11 is 0. The van der Waals surface area contributed by atoms with Gasteiger partial charge >= 0.3 is 5.69 Å². The fourth-order valence-electron chi connectivity index (χ4n) is 2.01. The summed E-state index contributed by atoms with van der Waals surface area (Å²) < 4.78 is 1.54. The van der Waals surface area contributed by atoms with Crippen molar-refractivity contribution in [3.05, 3.63) is 15.8 Å². The lowest BCUT2D eigenvalue weighted by Gasteiger charge is -2.20. The molecule has 0 bridgehead atoms. The minimum absolute atomic E-state index is 0.0757. The molecule has 1 aromatic heterocycles. The first-order chi connectivity index (χ1) is 9.34. The highest BCUT2D eigenvalue weighted by Crippen LogP contribution is 2.27. The molecule has 1 heterocycles. The van der Waals surface area contributed by atoms with Crippen molar-refractivity contribution in [3.8, 4) is 0 Å². The molecule has 0 aliphatic rings. The van der Waals surface area contributed by atoms with Crippen molar-refractivity contribution in [2.45, 2.75) is 39.7 Å². The first-order valence-corrected chi connectivity index (χ1v) is 6.96. The van der Waals surface area contributed by atoms with Gasteiger partial charge in [-0.2, -0.15) is 5.10 Å². The van der Waals surface area contributed by atoms with E-state index in [9.17, 15) is 10.1 Å². The maximum Gasteiger partial charge on any atom is 0.333 e. The van der Waals surface area contributed by atoms with Crippen LogP contribution in [0.25, 0.3) is 0 Å². The van der Waals surface area contributed by atoms with E-state index in [1.165, 1.54) is 4.68 Å². The highest BCUT2D eigenvalue weighted by Gasteiger charge is 2.23. The second-order valence-electron chi connectivity index (χ2n) is 5.37. The number of rotatable bonds is 8. The first-order valence-electron chi connectivity index (χ1n) is 6.96. The molecule has 0 radical (unpaired) electrons. The van der Waals surface area contributed by atoms with Crippen molar-refractivity contribution in [2.24, 2.45) is 7.05 Å². The van der Waals surface area contributed by atoms with Crippen LogP contribution in [0.1, 0.15) is 32.4 Å². The van der Waals surface area contributed by atoms with Crippen LogP contribution < -0.4 is 5.32 Å². The van der Waals surface area contributed by atoms with E-state index in [4.69, 9.17) is 0 Å². The number of unbranched alkanes of at least 4 members (excludes halogenated alkanes) is 1. The van der Waals surface area contributed by atoms with Crippen LogP contribution in [0.5, 0.6) is 0 Å². The van der Waals surface area contributed by atoms with E-state index in [2.05, 4.69) is 36.2 Å². The SMILES string of the molecule is Cc1nn(C)c(NCCCCN(C)C(C)C)c1[N+](=O)[O-]. The van der Waals surface area contributed by atoms with Gasteiger partial charge < -0.3 is 10.2 Å². The van der Waals surface area contributed by atoms with E-state index in [-0.39, 0.29) is 10.6 Å². The molecular weight excluding hydrogens is 258 g/mol. The molecule has 0 saturated carbocycles. The predicted octanol–water partition coefficient (Wildman–Crippen LogP) is 2.17. The monoisotopic (exact) mass is 283 g/mol. The summed E-state index contributed by atoms with van der Waals surface area (Å²) in [6, 6.07) is 0.545. The minimum Gasteiger partial charge on any atom is -0.365 e. The Balaban J connectivity index is 2.45. The molecule has 20 heavy (non-hydrogen) atoms. The standard InChI is InChI=1S/C13H25N5O2/c1-10(2)16(4)9-7-6-8-14-13-12(18(19)20)11(3)15-17(13)5/h10,14H,6-9H2,1-5H3. The molecule has 0 aliphatic carbocycles. The molecular formula is C13H25N5O2. The third-order valence-corrected chi connectivity index (χ3v) is 3.48. The Morgan fingerprint density at radius 2 is 2.10 bits per heavy atom. The quantitative estimate of drug-likeness (QED) is 0.449. The molecule has 1 aromatic rings. The van der Waals surface area contributed by atoms with E-state index in [1.807, 2.05) is 0 Å². The zero-order valence-corrected chi connectivity index (χ0v) is 13.0. The Bertz CT molecular complexity index is 456. The molecule has 0 amide bonds. The summed E-state index contributed by atoms with van der Waals surface area (Å²) in [5.41, 5.74) is 0.520. The van der Waals surface area contributed by atoms with Crippen LogP contribution in [0.4, 0.5) is 11.5 Å². The van der Waals surface area contributed by atoms with E-state index in [1.54, 1.807) is 14.0 Å². The van der Waals surface area contributed by atoms with Crippen molar-refractivity contribution < 1.29 is 4.92 Å². The van der Waals surface area contributed by atoms with Gasteiger partial charge in [-0.25, -0.2) is 4.68 Å². The molecule has 1 N–H and O–H groups in total. The molecule has 0 fully saturated rings. The number of hydrogen-bond acceptors (Lipinski definition) is 5. The lowest BCUT2D eigenvalue weighted by molar-refractivity contribution is -0.384. The average molecular weight is 283 g/mol. The second-order valence-corrected chi connectivity index (χ2v) is 5.37. The number of hydrogen-bond donors (Lipinski definition) is 1. The maximum atomic E-state index is 11.0. The number of nitrogens with one attached hydrogen (secondary N) is 1. The van der Waals surface area contributed by atoms with Crippen LogP contribution in [0.2, 0.25) is 0 Å². The normalized spacial score (nSPS) is 11.3. The van der Waals surface area contributed by atoms with Gasteiger partial charge in [0.25, 0.3) is 0 Å². The zero-order chi connectivity index (χ0) is 15.3. The Hall–Kier alpha value is -1.63. The molecule has 0 aliphatic heterocycles. The van der Waals surface area contributed by atoms with Crippen LogP contribution >= 0.6 is 0 Å². The maximum absolute atomic E-state index is 11.0. The molecule has 1 rings (SSSR count).